The number of likely N-dealkylation sites (N-methyl/N-ethyl adjacent to an activating group) is 1. The van der Waals surface area contributed by atoms with Crippen LogP contribution in [0.15, 0.2) is 35.6 Å². The van der Waals surface area contributed by atoms with E-state index in [2.05, 4.69) is 32.9 Å². The van der Waals surface area contributed by atoms with Crippen molar-refractivity contribution in [1.29, 1.82) is 0 Å². The monoisotopic (exact) mass is 351 g/mol. The van der Waals surface area contributed by atoms with Crippen molar-refractivity contribution in [2.75, 3.05) is 38.1 Å². The van der Waals surface area contributed by atoms with Crippen molar-refractivity contribution in [2.45, 2.75) is 26.5 Å². The van der Waals surface area contributed by atoms with Crippen LogP contribution in [0.25, 0.3) is 0 Å². The number of rotatable bonds is 4. The fourth-order valence-corrected chi connectivity index (χ4v) is 3.39. The predicted octanol–water partition coefficient (Wildman–Crippen LogP) is 2.37. The molecule has 6 heteroatoms. The fraction of sp³-hybridized carbons (Fsp3) is 0.450. The minimum absolute atomic E-state index is 0.104. The Morgan fingerprint density at radius 2 is 1.88 bits per heavy atom. The molecule has 0 atom stereocenters. The average molecular weight is 351 g/mol. The van der Waals surface area contributed by atoms with Crippen LogP contribution < -0.4 is 9.64 Å². The molecule has 1 saturated heterocycles. The first-order chi connectivity index (χ1) is 12.6. The van der Waals surface area contributed by atoms with Crippen LogP contribution in [-0.2, 0) is 6.54 Å². The molecule has 4 heterocycles. The van der Waals surface area contributed by atoms with E-state index in [0.717, 1.165) is 54.4 Å². The van der Waals surface area contributed by atoms with Gasteiger partial charge in [0.15, 0.2) is 0 Å². The maximum absolute atomic E-state index is 5.76. The van der Waals surface area contributed by atoms with Crippen LogP contribution in [0.3, 0.4) is 0 Å². The number of nitrogens with zero attached hydrogens (tertiary/aromatic N) is 5. The van der Waals surface area contributed by atoms with Crippen LogP contribution >= 0.6 is 0 Å². The number of pyridine rings is 2. The van der Waals surface area contributed by atoms with E-state index in [1.165, 1.54) is 0 Å². The molecule has 2 aromatic rings. The van der Waals surface area contributed by atoms with Crippen LogP contribution in [0.4, 0.5) is 5.82 Å². The van der Waals surface area contributed by atoms with Gasteiger partial charge in [0.2, 0.25) is 5.88 Å². The third-order valence-electron chi connectivity index (χ3n) is 4.83. The van der Waals surface area contributed by atoms with Crippen molar-refractivity contribution in [3.63, 3.8) is 0 Å². The van der Waals surface area contributed by atoms with Gasteiger partial charge in [-0.15, -0.1) is 0 Å². The molecule has 4 rings (SSSR count). The molecule has 0 radical (unpaired) electrons. The van der Waals surface area contributed by atoms with Crippen molar-refractivity contribution in [3.8, 4) is 5.88 Å². The van der Waals surface area contributed by atoms with Gasteiger partial charge in [-0.2, -0.15) is 0 Å². The van der Waals surface area contributed by atoms with Gasteiger partial charge in [0.05, 0.1) is 18.4 Å². The van der Waals surface area contributed by atoms with Gasteiger partial charge in [-0.3, -0.25) is 4.99 Å². The minimum atomic E-state index is 0.104. The lowest BCUT2D eigenvalue weighted by atomic mass is 10.0. The molecule has 0 aliphatic carbocycles. The molecule has 2 aromatic heterocycles. The molecule has 0 bridgehead atoms. The lowest BCUT2D eigenvalue weighted by Crippen LogP contribution is -2.44. The predicted molar refractivity (Wildman–Crippen MR) is 103 cm³/mol. The van der Waals surface area contributed by atoms with E-state index in [0.29, 0.717) is 12.4 Å². The normalized spacial score (nSPS) is 17.4. The van der Waals surface area contributed by atoms with E-state index in [1.54, 1.807) is 0 Å². The van der Waals surface area contributed by atoms with Crippen LogP contribution in [0.5, 0.6) is 5.88 Å². The van der Waals surface area contributed by atoms with E-state index in [-0.39, 0.29) is 6.10 Å². The van der Waals surface area contributed by atoms with E-state index in [4.69, 9.17) is 9.73 Å². The number of hydrogen-bond acceptors (Lipinski definition) is 6. The van der Waals surface area contributed by atoms with Gasteiger partial charge in [-0.25, -0.2) is 9.97 Å². The summed E-state index contributed by atoms with van der Waals surface area (Å²) in [6.07, 6.45) is 3.87. The molecule has 0 saturated carbocycles. The largest absolute Gasteiger partial charge is 0.475 e. The molecule has 136 valence electrons. The van der Waals surface area contributed by atoms with E-state index < -0.39 is 0 Å². The quantitative estimate of drug-likeness (QED) is 0.846. The third-order valence-corrected chi connectivity index (χ3v) is 4.83. The number of piperazine rings is 1. The van der Waals surface area contributed by atoms with Crippen LogP contribution in [0.2, 0.25) is 0 Å². The molecule has 0 amide bonds. The maximum atomic E-state index is 5.76. The summed E-state index contributed by atoms with van der Waals surface area (Å²) in [7, 11) is 2.16. The summed E-state index contributed by atoms with van der Waals surface area (Å²) >= 11 is 0. The molecule has 0 aromatic carbocycles. The molecular formula is C20H25N5O. The van der Waals surface area contributed by atoms with Crippen molar-refractivity contribution >= 4 is 11.5 Å². The zero-order chi connectivity index (χ0) is 18.1. The van der Waals surface area contributed by atoms with Crippen molar-refractivity contribution < 1.29 is 4.74 Å². The Balaban J connectivity index is 1.61. The molecule has 0 N–H and O–H groups in total. The molecule has 2 aliphatic heterocycles. The van der Waals surface area contributed by atoms with E-state index >= 15 is 0 Å². The highest BCUT2D eigenvalue weighted by Gasteiger charge is 2.21. The topological polar surface area (TPSA) is 53.9 Å². The Hall–Kier alpha value is -2.47. The van der Waals surface area contributed by atoms with Crippen LogP contribution in [0, 0.1) is 0 Å². The zero-order valence-corrected chi connectivity index (χ0v) is 15.6. The Morgan fingerprint density at radius 3 is 2.65 bits per heavy atom. The Labute approximate surface area is 154 Å². The van der Waals surface area contributed by atoms with Gasteiger partial charge in [0.1, 0.15) is 5.82 Å². The SMILES string of the molecule is CC(C)Oc1cc2c(cn1)CN=C2c1ccnc(N2CCN(C)CC2)c1. The maximum Gasteiger partial charge on any atom is 0.214 e. The number of ether oxygens (including phenoxy) is 1. The summed E-state index contributed by atoms with van der Waals surface area (Å²) in [6, 6.07) is 6.21. The van der Waals surface area contributed by atoms with Gasteiger partial charge in [0, 0.05) is 61.3 Å². The van der Waals surface area contributed by atoms with Gasteiger partial charge >= 0.3 is 0 Å². The number of fused-ring (bicyclic) bond motifs is 1. The standard InChI is InChI=1S/C20H25N5O/c1-14(2)26-19-11-17-16(12-22-19)13-23-20(17)15-4-5-21-18(10-15)25-8-6-24(3)7-9-25/h4-5,10-12,14H,6-9,13H2,1-3H3. The molecule has 0 spiro atoms. The average Bonchev–Trinajstić information content (AvgIpc) is 3.05. The van der Waals surface area contributed by atoms with E-state index in [9.17, 15) is 0 Å². The zero-order valence-electron chi connectivity index (χ0n) is 15.6. The second kappa shape index (κ2) is 7.03. The molecule has 0 unspecified atom stereocenters. The summed E-state index contributed by atoms with van der Waals surface area (Å²) in [4.78, 5) is 18.4. The first-order valence-electron chi connectivity index (χ1n) is 9.20. The van der Waals surface area contributed by atoms with E-state index in [1.807, 2.05) is 38.4 Å². The second-order valence-electron chi connectivity index (χ2n) is 7.20. The first kappa shape index (κ1) is 17.0. The minimum Gasteiger partial charge on any atom is -0.475 e. The number of anilines is 1. The molecule has 6 nitrogen and oxygen atoms in total. The molecule has 26 heavy (non-hydrogen) atoms. The highest BCUT2D eigenvalue weighted by molar-refractivity contribution is 6.15. The number of aromatic nitrogens is 2. The van der Waals surface area contributed by atoms with Gasteiger partial charge in [-0.05, 0) is 33.0 Å². The van der Waals surface area contributed by atoms with Crippen LogP contribution in [-0.4, -0.2) is 59.9 Å². The van der Waals surface area contributed by atoms with Crippen molar-refractivity contribution in [1.82, 2.24) is 14.9 Å². The number of aliphatic imine (C=N–C) groups is 1. The molecule has 1 fully saturated rings. The highest BCUT2D eigenvalue weighted by Crippen LogP contribution is 2.27. The number of hydrogen-bond donors (Lipinski definition) is 0. The molecule has 2 aliphatic rings. The first-order valence-corrected chi connectivity index (χ1v) is 9.20. The second-order valence-corrected chi connectivity index (χ2v) is 7.20. The molecular weight excluding hydrogens is 326 g/mol. The Morgan fingerprint density at radius 1 is 1.08 bits per heavy atom. The van der Waals surface area contributed by atoms with Crippen molar-refractivity contribution in [3.05, 3.63) is 47.3 Å². The third kappa shape index (κ3) is 3.42. The summed E-state index contributed by atoms with van der Waals surface area (Å²) in [6.45, 7) is 8.84. The summed E-state index contributed by atoms with van der Waals surface area (Å²) in [5, 5.41) is 0. The Kier molecular flexibility index (Phi) is 4.59. The van der Waals surface area contributed by atoms with Gasteiger partial charge in [-0.1, -0.05) is 0 Å². The summed E-state index contributed by atoms with van der Waals surface area (Å²) in [5.41, 5.74) is 4.38. The summed E-state index contributed by atoms with van der Waals surface area (Å²) in [5.74, 6) is 1.68. The van der Waals surface area contributed by atoms with Crippen LogP contribution in [0.1, 0.15) is 30.5 Å². The summed E-state index contributed by atoms with van der Waals surface area (Å²) < 4.78 is 5.76. The lowest BCUT2D eigenvalue weighted by Gasteiger charge is -2.33. The highest BCUT2D eigenvalue weighted by atomic mass is 16.5. The fourth-order valence-electron chi connectivity index (χ4n) is 3.39. The smallest absolute Gasteiger partial charge is 0.214 e. The van der Waals surface area contributed by atoms with Gasteiger partial charge < -0.3 is 14.5 Å². The van der Waals surface area contributed by atoms with Crippen molar-refractivity contribution in [2.24, 2.45) is 4.99 Å². The van der Waals surface area contributed by atoms with Gasteiger partial charge in [0.25, 0.3) is 0 Å². The Bertz CT molecular complexity index is 825. The lowest BCUT2D eigenvalue weighted by molar-refractivity contribution is 0.232.